The maximum atomic E-state index is 10.5. The molecule has 21 nitrogen and oxygen atoms in total. The number of nitrogens with zero attached hydrogens (tertiary/aromatic N) is 6. The normalized spacial score (nSPS) is 11.8. The van der Waals surface area contributed by atoms with Crippen LogP contribution in [0.4, 0.5) is 0 Å². The summed E-state index contributed by atoms with van der Waals surface area (Å²) in [6.07, 6.45) is 0. The van der Waals surface area contributed by atoms with Crippen molar-refractivity contribution in [2.24, 2.45) is 17.2 Å². The molecule has 0 rings (SSSR count). The van der Waals surface area contributed by atoms with Crippen LogP contribution in [0.15, 0.2) is 0 Å². The first-order valence-corrected chi connectivity index (χ1v) is 7.61. The predicted molar refractivity (Wildman–Crippen MR) is 72.3 cm³/mol. The molecule has 0 aromatic heterocycles. The zero-order valence-electron chi connectivity index (χ0n) is 12.6. The van der Waals surface area contributed by atoms with Crippen LogP contribution in [0.5, 0.6) is 0 Å². The number of hydrogen-bond donors (Lipinski definition) is 3. The van der Waals surface area contributed by atoms with Crippen molar-refractivity contribution in [2.75, 3.05) is 21.1 Å². The van der Waals surface area contributed by atoms with Gasteiger partial charge in [-0.3, -0.25) is 0 Å². The fourth-order valence-electron chi connectivity index (χ4n) is 0.667. The quantitative estimate of drug-likeness (QED) is 0.282. The molecule has 0 radical (unpaired) electrons. The van der Waals surface area contributed by atoms with Gasteiger partial charge < -0.3 is 17.2 Å². The van der Waals surface area contributed by atoms with E-state index in [0.717, 1.165) is 0 Å². The van der Waals surface area contributed by atoms with Gasteiger partial charge in [0.1, 0.15) is 0 Å². The molecule has 0 aromatic rings. The fraction of sp³-hybridized carbons (Fsp3) is 1.00. The molecular weight excluding hydrogens is 413 g/mol. The third-order valence-corrected chi connectivity index (χ3v) is 6.73. The first-order valence-electron chi connectivity index (χ1n) is 4.82. The average molecular weight is 428 g/mol. The van der Waals surface area contributed by atoms with Gasteiger partial charge in [-0.1, -0.05) is 0 Å². The molecule has 0 aliphatic heterocycles. The van der Waals surface area contributed by atoms with E-state index in [4.69, 9.17) is 0 Å². The van der Waals surface area contributed by atoms with Crippen molar-refractivity contribution in [3.8, 4) is 0 Å². The van der Waals surface area contributed by atoms with Crippen LogP contribution in [-0.4, -0.2) is 45.0 Å². The first-order chi connectivity index (χ1) is 11.3. The summed E-state index contributed by atoms with van der Waals surface area (Å²) < 4.78 is -19.6. The van der Waals surface area contributed by atoms with Gasteiger partial charge in [0.15, 0.2) is 0 Å². The Morgan fingerprint density at radius 3 is 0.520 bits per heavy atom. The molecule has 0 aromatic carbocycles. The molecule has 6 N–H and O–H groups in total. The van der Waals surface area contributed by atoms with E-state index in [-0.39, 0.29) is 0 Å². The maximum absolute atomic E-state index is 10.5. The summed E-state index contributed by atoms with van der Waals surface area (Å²) in [6, 6.07) is 0. The fourth-order valence-corrected chi connectivity index (χ4v) is 2.75. The standard InChI is InChI=1S/3CH5N.Co.6NO2/c3*1-2;;6*2-1-3/h3*2H2,1H3;;;;;;;. The summed E-state index contributed by atoms with van der Waals surface area (Å²) >= 11 is -10.3. The van der Waals surface area contributed by atoms with E-state index in [9.17, 15) is 60.7 Å². The van der Waals surface area contributed by atoms with E-state index in [1.54, 1.807) is 0 Å². The predicted octanol–water partition coefficient (Wildman–Crippen LogP) is -2.91. The summed E-state index contributed by atoms with van der Waals surface area (Å²) in [7, 11) is 4.50. The molecule has 0 amide bonds. The SMILES string of the molecule is CN.CN.CN.O=[N+]([O-])[Co]([N+](=O)[O-])([N+](=O)[O-])([N+](=O)[O-])([N+](=O)[O-])[N+](=O)[O-]. The Morgan fingerprint density at radius 1 is 0.440 bits per heavy atom. The van der Waals surface area contributed by atoms with Crippen LogP contribution >= 0.6 is 0 Å². The molecule has 22 heteroatoms. The summed E-state index contributed by atoms with van der Waals surface area (Å²) in [5, 5.41) is 63.2. The van der Waals surface area contributed by atoms with Gasteiger partial charge in [-0.15, -0.1) is 0 Å². The van der Waals surface area contributed by atoms with Crippen molar-refractivity contribution in [1.29, 1.82) is 0 Å². The Bertz CT molecular complexity index is 443. The average Bonchev–Trinajstić information content (AvgIpc) is 2.53. The Balaban J connectivity index is -0.000000329. The van der Waals surface area contributed by atoms with Crippen LogP contribution in [0.2, 0.25) is 0 Å². The van der Waals surface area contributed by atoms with Crippen molar-refractivity contribution in [2.45, 2.75) is 0 Å². The summed E-state index contributed by atoms with van der Waals surface area (Å²) in [6.45, 7) is 0. The number of nitro groups is 6. The van der Waals surface area contributed by atoms with Gasteiger partial charge in [-0.25, -0.2) is 0 Å². The summed E-state index contributed by atoms with van der Waals surface area (Å²) in [5.74, 6) is 0. The van der Waals surface area contributed by atoms with Crippen molar-refractivity contribution in [1.82, 2.24) is 0 Å². The van der Waals surface area contributed by atoms with Crippen molar-refractivity contribution in [3.63, 3.8) is 0 Å². The zero-order valence-corrected chi connectivity index (χ0v) is 13.7. The second-order valence-electron chi connectivity index (χ2n) is 2.18. The Kier molecular flexibility index (Phi) is 10.9. The van der Waals surface area contributed by atoms with Crippen LogP contribution in [0.25, 0.3) is 0 Å². The van der Waals surface area contributed by atoms with E-state index in [1.165, 1.54) is 21.1 Å². The molecule has 0 bridgehead atoms. The third kappa shape index (κ3) is 2.28. The van der Waals surface area contributed by atoms with Crippen LogP contribution < -0.4 is 17.2 Å². The molecule has 0 saturated heterocycles. The van der Waals surface area contributed by atoms with Crippen molar-refractivity contribution >= 4 is 0 Å². The van der Waals surface area contributed by atoms with E-state index < -0.39 is 35.7 Å². The third-order valence-electron chi connectivity index (χ3n) is 1.63. The van der Waals surface area contributed by atoms with Crippen molar-refractivity contribution < 1.29 is 35.7 Å². The first kappa shape index (κ1) is 29.8. The van der Waals surface area contributed by atoms with Gasteiger partial charge >= 0.3 is 96.3 Å². The molecule has 0 heterocycles. The second-order valence-corrected chi connectivity index (χ2v) is 7.58. The summed E-state index contributed by atoms with van der Waals surface area (Å²) in [5.41, 5.74) is 13.5. The zero-order chi connectivity index (χ0) is 21.9. The van der Waals surface area contributed by atoms with Crippen LogP contribution in [0.3, 0.4) is 0 Å². The van der Waals surface area contributed by atoms with Crippen LogP contribution in [0.1, 0.15) is 0 Å². The minimum atomic E-state index is -10.3. The van der Waals surface area contributed by atoms with E-state index in [1.807, 2.05) is 0 Å². The van der Waals surface area contributed by atoms with Gasteiger partial charge in [0, 0.05) is 0 Å². The van der Waals surface area contributed by atoms with Gasteiger partial charge in [0.2, 0.25) is 0 Å². The Hall–Kier alpha value is -3.21. The molecule has 0 aliphatic carbocycles. The second kappa shape index (κ2) is 9.17. The van der Waals surface area contributed by atoms with Crippen LogP contribution in [-0.2, 0) is 11.8 Å². The topological polar surface area (TPSA) is 337 Å². The van der Waals surface area contributed by atoms with Crippen LogP contribution in [0, 0.1) is 60.7 Å². The number of nitrogens with two attached hydrogens (primary N) is 3. The Labute approximate surface area is 135 Å². The van der Waals surface area contributed by atoms with Gasteiger partial charge in [-0.05, 0) is 21.1 Å². The molecule has 0 unspecified atom stereocenters. The molecule has 0 aliphatic rings. The number of hydrogen-bond acceptors (Lipinski definition) is 15. The molecule has 153 valence electrons. The molecule has 0 spiro atoms. The molecule has 0 fully saturated rings. The van der Waals surface area contributed by atoms with Gasteiger partial charge in [0.25, 0.3) is 0 Å². The molecular formula is C3H15CoN9O12. The minimum absolute atomic E-state index is 1.50. The van der Waals surface area contributed by atoms with E-state index in [2.05, 4.69) is 17.2 Å². The monoisotopic (exact) mass is 428 g/mol. The van der Waals surface area contributed by atoms with Gasteiger partial charge in [0.05, 0.1) is 0 Å². The molecule has 25 heavy (non-hydrogen) atoms. The number of rotatable bonds is 6. The molecule has 0 saturated carbocycles. The van der Waals surface area contributed by atoms with E-state index in [0.29, 0.717) is 0 Å². The Morgan fingerprint density at radius 2 is 0.520 bits per heavy atom. The molecule has 0 atom stereocenters. The van der Waals surface area contributed by atoms with E-state index >= 15 is 0 Å². The van der Waals surface area contributed by atoms with Crippen molar-refractivity contribution in [3.05, 3.63) is 60.7 Å². The van der Waals surface area contributed by atoms with Gasteiger partial charge in [-0.2, -0.15) is 0 Å². The summed E-state index contributed by atoms with van der Waals surface area (Å²) in [4.78, 5) is 63.2.